The zero-order valence-corrected chi connectivity index (χ0v) is 306. The Balaban J connectivity index is 0. The summed E-state index contributed by atoms with van der Waals surface area (Å²) in [7, 11) is 0. The van der Waals surface area contributed by atoms with Crippen molar-refractivity contribution in [1.29, 1.82) is 0 Å². The summed E-state index contributed by atoms with van der Waals surface area (Å²) in [5, 5.41) is 0. The Morgan fingerprint density at radius 2 is 0.0233 bits per heavy atom. The van der Waals surface area contributed by atoms with Gasteiger partial charge in [-0.3, -0.25) is 0 Å². The first-order chi connectivity index (χ1) is 0. The minimum Gasteiger partial charge on any atom is 0 e. The molecular weight excluding hydrogens is 11500 g/mol. The van der Waals surface area contributed by atoms with Gasteiger partial charge in [0, 0.05) is 0 Å². The van der Waals surface area contributed by atoms with Gasteiger partial charge < -0.3 is 0 Å². The van der Waals surface area contributed by atoms with Crippen LogP contribution in [-0.2, 0) is 0 Å². The Morgan fingerprint density at radius 1 is 0.0233 bits per heavy atom. The van der Waals surface area contributed by atoms with Gasteiger partial charge in [0.15, 0.2) is 0 Å². The molecule has 0 fully saturated rings. The molecule has 0 atom stereocenters. The third kappa shape index (κ3) is -0.00487. The van der Waals surface area contributed by atoms with Crippen molar-refractivity contribution in [3.63, 3.8) is 0 Å². The first-order valence-corrected chi connectivity index (χ1v) is 0. The molecule has 0 aliphatic carbocycles. The summed E-state index contributed by atoms with van der Waals surface area (Å²) in [5.74, 6) is 0. The van der Waals surface area contributed by atoms with Crippen molar-refractivity contribution in [3.8, 4) is 0 Å². The Morgan fingerprint density at radius 3 is 0.0233 bits per heavy atom. The second-order valence-corrected chi connectivity index (χ2v) is 0. The maximum atomic E-state index is 0. The molecule has 0 spiro atoms. The van der Waals surface area contributed by atoms with Gasteiger partial charge in [0.25, 0.3) is 0 Å². The van der Waals surface area contributed by atoms with Gasteiger partial charge in [-0.2, -0.15) is 0 Å². The SMILES string of the molecule is [Rf].[Rf].[Rf].[Rf].[Rf].[Rf].[Rf].[Rf].[Rf].[Rf].[Rf].[Rf].[Rf].[Rf].[Rf].[Rf].[Rf].[Rf].[Rf].[Rf].[Rf].[Rf].[Rf].[Rf].[Rf].[Rf].[Rf].[Rf].[Rf].[Rf].[Rf].[Rf].[Rf].[Rf].[Rf].[Rf].[Rf].[Rf].[Rf].[Rf].[Rf].[Rf].[Rf]. The summed E-state index contributed by atoms with van der Waals surface area (Å²) >= 11 is 0. The quantitative estimate of drug-likeness (QED) is 0.321. The fraction of sp³-hybridized carbons (Fsp3) is 0. The van der Waals surface area contributed by atoms with Crippen molar-refractivity contribution < 1.29 is 0 Å². The molecule has 86 valence electrons. The summed E-state index contributed by atoms with van der Waals surface area (Å²) < 4.78 is 0. The minimum absolute atomic E-state index is 0. The molecule has 0 bridgehead atoms. The van der Waals surface area contributed by atoms with Crippen molar-refractivity contribution >= 4 is 0 Å². The number of rotatable bonds is 0. The zero-order chi connectivity index (χ0) is 0. The molecule has 43 heavy (non-hydrogen) atoms. The molecule has 0 amide bonds. The van der Waals surface area contributed by atoms with Gasteiger partial charge in [0.05, 0.1) is 0 Å². The second-order valence-electron chi connectivity index (χ2n) is 0. The van der Waals surface area contributed by atoms with Crippen molar-refractivity contribution in [2.75, 3.05) is 0 Å². The van der Waals surface area contributed by atoms with Gasteiger partial charge in [-0.1, -0.05) is 0 Å². The monoisotopic (exact) mass is 11500 g/mol. The van der Waals surface area contributed by atoms with Crippen molar-refractivity contribution in [2.45, 2.75) is 0 Å². The molecule has 0 saturated heterocycles. The van der Waals surface area contributed by atoms with E-state index in [-0.39, 0.29) is 0 Å². The molecular formula is Rf43. The largest absolute Gasteiger partial charge is 0 e. The molecule has 0 radical (unpaired) electrons. The summed E-state index contributed by atoms with van der Waals surface area (Å²) in [6.07, 6.45) is 0. The van der Waals surface area contributed by atoms with Crippen LogP contribution < -0.4 is 0 Å². The summed E-state index contributed by atoms with van der Waals surface area (Å²) in [6.45, 7) is 0. The number of hydrogen-bond acceptors (Lipinski definition) is 0. The topological polar surface area (TPSA) is 0 Å². The average molecular weight is 11500 g/mol. The summed E-state index contributed by atoms with van der Waals surface area (Å²) in [4.78, 5) is 0. The minimum atomic E-state index is 0. The summed E-state index contributed by atoms with van der Waals surface area (Å²) in [5.41, 5.74) is 0. The van der Waals surface area contributed by atoms with E-state index in [4.69, 9.17) is 0 Å². The Labute approximate surface area is 0 Å². The summed E-state index contributed by atoms with van der Waals surface area (Å²) in [6, 6.07) is 0. The third-order valence-electron chi connectivity index (χ3n) is 0. The molecule has 0 aromatic carbocycles. The van der Waals surface area contributed by atoms with Crippen molar-refractivity contribution in [2.24, 2.45) is 0 Å². The molecule has 43 heteroatoms. The van der Waals surface area contributed by atoms with E-state index in [1.807, 2.05) is 0 Å². The molecule has 0 heterocycles. The number of hydrogen-bond donors (Lipinski definition) is 0. The molecule has 0 N–H and O–H groups in total. The third-order valence-corrected chi connectivity index (χ3v) is 0. The van der Waals surface area contributed by atoms with Crippen LogP contribution >= 0.6 is 0 Å². The van der Waals surface area contributed by atoms with E-state index >= 15 is 0 Å². The first kappa shape index (κ1) is 0. The van der Waals surface area contributed by atoms with Gasteiger partial charge >= 0.3 is 0 Å². The van der Waals surface area contributed by atoms with Gasteiger partial charge in [-0.25, -0.2) is 0 Å². The predicted molar refractivity (Wildman–Crippen MR) is 0 cm³/mol. The van der Waals surface area contributed by atoms with Crippen LogP contribution in [0.15, 0.2) is 0 Å². The van der Waals surface area contributed by atoms with Crippen LogP contribution in [0.5, 0.6) is 0 Å². The Bertz CT molecular complexity index is 0. The first-order valence-electron chi connectivity index (χ1n) is 0. The van der Waals surface area contributed by atoms with Crippen LogP contribution in [0.25, 0.3) is 0 Å². The van der Waals surface area contributed by atoms with Crippen LogP contribution in [0.3, 0.4) is 0 Å². The molecule has 0 aliphatic rings. The molecule has 0 aliphatic heterocycles. The van der Waals surface area contributed by atoms with Gasteiger partial charge in [-0.15, -0.1) is 0 Å². The van der Waals surface area contributed by atoms with E-state index in [1.165, 1.54) is 0 Å². The van der Waals surface area contributed by atoms with Crippen molar-refractivity contribution in [3.05, 3.63) is 0 Å². The molecule has 0 rings (SSSR count). The Hall–Kier alpha value is -43.0. The fourth-order valence-corrected chi connectivity index (χ4v) is 0. The molecule has 0 unspecified atom stereocenters. The zero-order valence-electron chi connectivity index (χ0n) is 30.4. The standard InChI is InChI=1S/43Rf. The van der Waals surface area contributed by atoms with Crippen LogP contribution in [0, 0.1) is 0 Å². The van der Waals surface area contributed by atoms with E-state index in [0.29, 0.717) is 0 Å². The average Bonchev–Trinajstić information content (AvgIpc) is 0. The van der Waals surface area contributed by atoms with E-state index in [1.54, 1.807) is 0 Å². The molecule has 0 aromatic heterocycles. The van der Waals surface area contributed by atoms with Crippen LogP contribution in [-0.4, -0.2) is 0 Å². The van der Waals surface area contributed by atoms with E-state index < -0.39 is 0 Å². The van der Waals surface area contributed by atoms with E-state index in [2.05, 4.69) is 0 Å². The van der Waals surface area contributed by atoms with Gasteiger partial charge in [0.1, 0.15) is 0 Å². The normalized spacial score (nSPS) is 0. The molecule has 0 aromatic rings. The second kappa shape index (κ2) is -0.00216. The van der Waals surface area contributed by atoms with Crippen LogP contribution in [0.2, 0.25) is 0 Å². The van der Waals surface area contributed by atoms with Crippen LogP contribution in [0.4, 0.5) is 0 Å². The van der Waals surface area contributed by atoms with Crippen molar-refractivity contribution in [1.82, 2.24) is 0 Å². The molecule has 0 saturated carbocycles. The van der Waals surface area contributed by atoms with Crippen LogP contribution in [0.1, 0.15) is 0 Å². The van der Waals surface area contributed by atoms with Gasteiger partial charge in [0.2, 0.25) is 0 Å². The maximum Gasteiger partial charge on any atom is 0 e. The van der Waals surface area contributed by atoms with Gasteiger partial charge in [-0.05, 0) is 0 Å². The molecule has 0 nitrogen and oxygen atoms in total. The predicted octanol–water partition coefficient (Wildman–Crippen LogP) is 0. The van der Waals surface area contributed by atoms with E-state index in [0.717, 1.165) is 0 Å². The van der Waals surface area contributed by atoms with E-state index in [9.17, 15) is 0 Å². The smallest absolute Gasteiger partial charge is 0 e. The Kier molecular flexibility index (Phi) is 0. The maximum absolute atomic E-state index is 0. The fourth-order valence-electron chi connectivity index (χ4n) is 0.